The Morgan fingerprint density at radius 1 is 1.26 bits per heavy atom. The van der Waals surface area contributed by atoms with Crippen LogP contribution in [0.5, 0.6) is 0 Å². The molecule has 3 heterocycles. The molecule has 0 unspecified atom stereocenters. The van der Waals surface area contributed by atoms with E-state index in [1.807, 2.05) is 35.2 Å². The monoisotopic (exact) mass is 307 g/mol. The highest BCUT2D eigenvalue weighted by molar-refractivity contribution is 6.04. The fourth-order valence-corrected chi connectivity index (χ4v) is 3.22. The summed E-state index contributed by atoms with van der Waals surface area (Å²) in [7, 11) is 0. The summed E-state index contributed by atoms with van der Waals surface area (Å²) in [6.07, 6.45) is 5.34. The molecule has 0 bridgehead atoms. The first-order valence-corrected chi connectivity index (χ1v) is 7.81. The van der Waals surface area contributed by atoms with Gasteiger partial charge in [0.05, 0.1) is 5.52 Å². The van der Waals surface area contributed by atoms with Crippen molar-refractivity contribution in [1.82, 2.24) is 25.1 Å². The van der Waals surface area contributed by atoms with Crippen molar-refractivity contribution in [1.29, 1.82) is 0 Å². The van der Waals surface area contributed by atoms with E-state index in [-0.39, 0.29) is 11.8 Å². The zero-order valence-corrected chi connectivity index (χ0v) is 12.6. The van der Waals surface area contributed by atoms with E-state index in [0.29, 0.717) is 12.2 Å². The summed E-state index contributed by atoms with van der Waals surface area (Å²) in [4.78, 5) is 23.1. The van der Waals surface area contributed by atoms with Crippen LogP contribution in [0.4, 0.5) is 0 Å². The van der Waals surface area contributed by atoms with Crippen LogP contribution in [-0.2, 0) is 0 Å². The topological polar surface area (TPSA) is 74.8 Å². The van der Waals surface area contributed by atoms with Gasteiger partial charge in [-0.2, -0.15) is 5.10 Å². The number of aromatic amines is 1. The molecule has 4 rings (SSSR count). The molecule has 1 aliphatic heterocycles. The predicted molar refractivity (Wildman–Crippen MR) is 86.0 cm³/mol. The van der Waals surface area contributed by atoms with Gasteiger partial charge in [0, 0.05) is 36.3 Å². The summed E-state index contributed by atoms with van der Waals surface area (Å²) in [6.45, 7) is 1.44. The molecule has 3 aromatic rings. The normalized spacial score (nSPS) is 18.3. The van der Waals surface area contributed by atoms with Crippen LogP contribution in [0.1, 0.15) is 34.9 Å². The van der Waals surface area contributed by atoms with Crippen molar-refractivity contribution in [3.63, 3.8) is 0 Å². The lowest BCUT2D eigenvalue weighted by Gasteiger charge is -2.32. The summed E-state index contributed by atoms with van der Waals surface area (Å²) >= 11 is 0. The molecule has 1 atom stereocenters. The number of benzene rings is 1. The van der Waals surface area contributed by atoms with Crippen molar-refractivity contribution in [3.05, 3.63) is 54.2 Å². The second-order valence-electron chi connectivity index (χ2n) is 5.84. The van der Waals surface area contributed by atoms with Gasteiger partial charge < -0.3 is 4.90 Å². The second-order valence-corrected chi connectivity index (χ2v) is 5.84. The van der Waals surface area contributed by atoms with Gasteiger partial charge in [0.15, 0.2) is 5.69 Å². The number of fused-ring (bicyclic) bond motifs is 1. The van der Waals surface area contributed by atoms with Crippen LogP contribution in [0.15, 0.2) is 42.9 Å². The van der Waals surface area contributed by atoms with Crippen LogP contribution < -0.4 is 0 Å². The number of piperidine rings is 1. The van der Waals surface area contributed by atoms with Gasteiger partial charge in [0.25, 0.3) is 5.91 Å². The second kappa shape index (κ2) is 5.79. The average molecular weight is 307 g/mol. The average Bonchev–Trinajstić information content (AvgIpc) is 3.06. The zero-order valence-electron chi connectivity index (χ0n) is 12.6. The molecule has 1 fully saturated rings. The zero-order chi connectivity index (χ0) is 15.6. The maximum atomic E-state index is 12.9. The van der Waals surface area contributed by atoms with E-state index in [2.05, 4.69) is 20.2 Å². The molecule has 6 nitrogen and oxygen atoms in total. The van der Waals surface area contributed by atoms with E-state index in [9.17, 15) is 4.79 Å². The molecule has 1 amide bonds. The van der Waals surface area contributed by atoms with Gasteiger partial charge in [-0.05, 0) is 25.0 Å². The molecule has 0 aliphatic carbocycles. The number of carbonyl (C=O) groups excluding carboxylic acids is 1. The van der Waals surface area contributed by atoms with Crippen LogP contribution in [0.25, 0.3) is 10.9 Å². The van der Waals surface area contributed by atoms with E-state index < -0.39 is 0 Å². The van der Waals surface area contributed by atoms with Crippen LogP contribution >= 0.6 is 0 Å². The SMILES string of the molecule is O=C(c1n[nH]c2ccccc12)N1CCC[C@H](c2ccncn2)C1. The molecule has 1 aliphatic rings. The number of aromatic nitrogens is 4. The molecule has 6 heteroatoms. The number of hydrogen-bond acceptors (Lipinski definition) is 4. The number of rotatable bonds is 2. The molecule has 0 spiro atoms. The van der Waals surface area contributed by atoms with E-state index in [0.717, 1.165) is 36.0 Å². The minimum absolute atomic E-state index is 0.0128. The van der Waals surface area contributed by atoms with Crippen molar-refractivity contribution >= 4 is 16.8 Å². The summed E-state index contributed by atoms with van der Waals surface area (Å²) in [5.41, 5.74) is 2.40. The molecule has 1 aromatic carbocycles. The van der Waals surface area contributed by atoms with Crippen LogP contribution in [-0.4, -0.2) is 44.1 Å². The molecule has 116 valence electrons. The summed E-state index contributed by atoms with van der Waals surface area (Å²) in [6, 6.07) is 9.65. The number of amides is 1. The molecule has 1 saturated heterocycles. The van der Waals surface area contributed by atoms with Crippen molar-refractivity contribution < 1.29 is 4.79 Å². The predicted octanol–water partition coefficient (Wildman–Crippen LogP) is 2.37. The summed E-state index contributed by atoms with van der Waals surface area (Å²) in [5, 5.41) is 8.04. The van der Waals surface area contributed by atoms with E-state index >= 15 is 0 Å². The first-order chi connectivity index (χ1) is 11.3. The number of likely N-dealkylation sites (tertiary alicyclic amines) is 1. The fraction of sp³-hybridized carbons (Fsp3) is 0.294. The van der Waals surface area contributed by atoms with E-state index in [1.165, 1.54) is 0 Å². The number of H-pyrrole nitrogens is 1. The quantitative estimate of drug-likeness (QED) is 0.788. The maximum Gasteiger partial charge on any atom is 0.275 e. The van der Waals surface area contributed by atoms with Crippen molar-refractivity contribution in [3.8, 4) is 0 Å². The van der Waals surface area contributed by atoms with Gasteiger partial charge >= 0.3 is 0 Å². The third kappa shape index (κ3) is 2.56. The summed E-state index contributed by atoms with van der Waals surface area (Å²) in [5.74, 6) is 0.252. The Morgan fingerprint density at radius 3 is 3.04 bits per heavy atom. The number of nitrogens with zero attached hydrogens (tertiary/aromatic N) is 4. The number of nitrogens with one attached hydrogen (secondary N) is 1. The van der Waals surface area contributed by atoms with Crippen LogP contribution in [0.2, 0.25) is 0 Å². The third-order valence-electron chi connectivity index (χ3n) is 4.40. The minimum atomic E-state index is -0.0128. The Balaban J connectivity index is 1.59. The van der Waals surface area contributed by atoms with Gasteiger partial charge in [-0.1, -0.05) is 18.2 Å². The highest BCUT2D eigenvalue weighted by Crippen LogP contribution is 2.27. The van der Waals surface area contributed by atoms with E-state index in [4.69, 9.17) is 0 Å². The Kier molecular flexibility index (Phi) is 3.49. The van der Waals surface area contributed by atoms with Crippen LogP contribution in [0, 0.1) is 0 Å². The lowest BCUT2D eigenvalue weighted by Crippen LogP contribution is -2.39. The van der Waals surface area contributed by atoms with Crippen molar-refractivity contribution in [2.24, 2.45) is 0 Å². The highest BCUT2D eigenvalue weighted by Gasteiger charge is 2.28. The van der Waals surface area contributed by atoms with E-state index in [1.54, 1.807) is 12.5 Å². The van der Waals surface area contributed by atoms with Crippen molar-refractivity contribution in [2.75, 3.05) is 13.1 Å². The minimum Gasteiger partial charge on any atom is -0.337 e. The van der Waals surface area contributed by atoms with Crippen LogP contribution in [0.3, 0.4) is 0 Å². The first kappa shape index (κ1) is 13.9. The lowest BCUT2D eigenvalue weighted by atomic mass is 9.94. The van der Waals surface area contributed by atoms with Crippen molar-refractivity contribution in [2.45, 2.75) is 18.8 Å². The summed E-state index contributed by atoms with van der Waals surface area (Å²) < 4.78 is 0. The van der Waals surface area contributed by atoms with Gasteiger partial charge in [-0.25, -0.2) is 9.97 Å². The largest absolute Gasteiger partial charge is 0.337 e. The molecule has 0 radical (unpaired) electrons. The Morgan fingerprint density at radius 2 is 2.17 bits per heavy atom. The molecule has 23 heavy (non-hydrogen) atoms. The number of para-hydroxylation sites is 1. The number of hydrogen-bond donors (Lipinski definition) is 1. The van der Waals surface area contributed by atoms with Gasteiger partial charge in [0.2, 0.25) is 0 Å². The first-order valence-electron chi connectivity index (χ1n) is 7.81. The third-order valence-corrected chi connectivity index (χ3v) is 4.40. The molecule has 0 saturated carbocycles. The highest BCUT2D eigenvalue weighted by atomic mass is 16.2. The Hall–Kier alpha value is -2.76. The molecular weight excluding hydrogens is 290 g/mol. The molecule has 1 N–H and O–H groups in total. The fourth-order valence-electron chi connectivity index (χ4n) is 3.22. The lowest BCUT2D eigenvalue weighted by molar-refractivity contribution is 0.0702. The van der Waals surface area contributed by atoms with Gasteiger partial charge in [-0.3, -0.25) is 9.89 Å². The number of carbonyl (C=O) groups is 1. The molecular formula is C17H17N5O. The maximum absolute atomic E-state index is 12.9. The Bertz CT molecular complexity index is 829. The Labute approximate surface area is 133 Å². The van der Waals surface area contributed by atoms with Gasteiger partial charge in [0.1, 0.15) is 6.33 Å². The molecule has 2 aromatic heterocycles. The standard InChI is InChI=1S/C17H17N5O/c23-17(16-13-5-1-2-6-15(13)20-21-16)22-9-3-4-12(10-22)14-7-8-18-11-19-14/h1-2,5-8,11-12H,3-4,9-10H2,(H,20,21)/t12-/m0/s1. The smallest absolute Gasteiger partial charge is 0.275 e. The van der Waals surface area contributed by atoms with Gasteiger partial charge in [-0.15, -0.1) is 0 Å².